The van der Waals surface area contributed by atoms with Gasteiger partial charge in [0.2, 0.25) is 0 Å². The Morgan fingerprint density at radius 1 is 1.42 bits per heavy atom. The first-order valence-electron chi connectivity index (χ1n) is 8.29. The van der Waals surface area contributed by atoms with Crippen LogP contribution in [0.4, 0.5) is 0 Å². The average molecular weight is 330 g/mol. The third-order valence-corrected chi connectivity index (χ3v) is 5.19. The highest BCUT2D eigenvalue weighted by Gasteiger charge is 2.43. The van der Waals surface area contributed by atoms with Gasteiger partial charge in [-0.2, -0.15) is 0 Å². The predicted molar refractivity (Wildman–Crippen MR) is 90.1 cm³/mol. The first kappa shape index (κ1) is 15.6. The quantitative estimate of drug-likeness (QED) is 0.825. The zero-order valence-corrected chi connectivity index (χ0v) is 13.7. The van der Waals surface area contributed by atoms with Gasteiger partial charge in [-0.05, 0) is 32.0 Å². The fraction of sp³-hybridized carbons (Fsp3) is 0.529. The number of pyridine rings is 2. The van der Waals surface area contributed by atoms with Crippen LogP contribution in [0.1, 0.15) is 18.4 Å². The van der Waals surface area contributed by atoms with Gasteiger partial charge in [-0.25, -0.2) is 0 Å². The van der Waals surface area contributed by atoms with E-state index in [4.69, 9.17) is 10.5 Å². The third kappa shape index (κ3) is 2.31. The smallest absolute Gasteiger partial charge is 0.251 e. The van der Waals surface area contributed by atoms with Crippen molar-refractivity contribution in [2.45, 2.75) is 31.0 Å². The fourth-order valence-electron chi connectivity index (χ4n) is 3.96. The summed E-state index contributed by atoms with van der Waals surface area (Å²) in [5.41, 5.74) is 6.72. The number of piperidine rings is 1. The Hall–Kier alpha value is -1.96. The molecule has 0 radical (unpaired) electrons. The molecular formula is C17H22N4O3. The van der Waals surface area contributed by atoms with Gasteiger partial charge in [0.05, 0.1) is 36.4 Å². The first-order valence-corrected chi connectivity index (χ1v) is 8.29. The maximum atomic E-state index is 12.3. The molecule has 0 amide bonds. The minimum atomic E-state index is -1.17. The molecule has 0 spiro atoms. The van der Waals surface area contributed by atoms with Crippen LogP contribution in [-0.4, -0.2) is 52.3 Å². The zero-order valence-electron chi connectivity index (χ0n) is 13.7. The monoisotopic (exact) mass is 330 g/mol. The van der Waals surface area contributed by atoms with E-state index in [1.807, 2.05) is 0 Å². The van der Waals surface area contributed by atoms with Crippen LogP contribution >= 0.6 is 0 Å². The van der Waals surface area contributed by atoms with Crippen molar-refractivity contribution in [1.29, 1.82) is 0 Å². The van der Waals surface area contributed by atoms with Crippen molar-refractivity contribution in [3.8, 4) is 5.75 Å². The minimum Gasteiger partial charge on any atom is -0.495 e. The molecule has 2 aliphatic rings. The van der Waals surface area contributed by atoms with Crippen LogP contribution in [-0.2, 0) is 12.1 Å². The van der Waals surface area contributed by atoms with Crippen LogP contribution in [0, 0.1) is 0 Å². The Labute approximate surface area is 139 Å². The number of hydrogen-bond donors (Lipinski definition) is 2. The van der Waals surface area contributed by atoms with Crippen LogP contribution in [0.3, 0.4) is 0 Å². The van der Waals surface area contributed by atoms with E-state index >= 15 is 0 Å². The highest BCUT2D eigenvalue weighted by Crippen LogP contribution is 2.41. The fourth-order valence-corrected chi connectivity index (χ4v) is 3.96. The lowest BCUT2D eigenvalue weighted by molar-refractivity contribution is -0.0141. The summed E-state index contributed by atoms with van der Waals surface area (Å²) in [5, 5.41) is 11.4. The molecule has 128 valence electrons. The standard InChI is InChI=1S/C17H22N4O3/c1-24-13-8-19-12-2-3-14(22)21-10-17(23,15(13)16(12)21)9-20-6-4-11(18)5-7-20/h2-3,8,11,23H,4-7,9-10,18H2,1H3/t17-/m0/s1. The van der Waals surface area contributed by atoms with Gasteiger partial charge < -0.3 is 20.1 Å². The van der Waals surface area contributed by atoms with Crippen molar-refractivity contribution in [2.75, 3.05) is 26.7 Å². The van der Waals surface area contributed by atoms with Crippen LogP contribution < -0.4 is 16.0 Å². The number of nitrogens with zero attached hydrogens (tertiary/aromatic N) is 3. The number of ether oxygens (including phenoxy) is 1. The van der Waals surface area contributed by atoms with E-state index < -0.39 is 5.60 Å². The van der Waals surface area contributed by atoms with Gasteiger partial charge in [0.25, 0.3) is 5.56 Å². The van der Waals surface area contributed by atoms with Gasteiger partial charge in [0.1, 0.15) is 11.4 Å². The molecule has 2 aromatic rings. The molecule has 1 fully saturated rings. The number of aliphatic hydroxyl groups is 1. The van der Waals surface area contributed by atoms with Gasteiger partial charge in [0, 0.05) is 18.7 Å². The summed E-state index contributed by atoms with van der Waals surface area (Å²) in [6.45, 7) is 2.38. The molecule has 3 N–H and O–H groups in total. The summed E-state index contributed by atoms with van der Waals surface area (Å²) in [5.74, 6) is 0.524. The molecule has 0 unspecified atom stereocenters. The molecule has 2 aliphatic heterocycles. The van der Waals surface area contributed by atoms with Gasteiger partial charge in [-0.3, -0.25) is 14.7 Å². The van der Waals surface area contributed by atoms with Crippen molar-refractivity contribution < 1.29 is 9.84 Å². The lowest BCUT2D eigenvalue weighted by Crippen LogP contribution is -2.47. The van der Waals surface area contributed by atoms with Gasteiger partial charge in [-0.1, -0.05) is 0 Å². The minimum absolute atomic E-state index is 0.129. The predicted octanol–water partition coefficient (Wildman–Crippen LogP) is 0.0294. The largest absolute Gasteiger partial charge is 0.495 e. The van der Waals surface area contributed by atoms with E-state index in [9.17, 15) is 9.90 Å². The van der Waals surface area contributed by atoms with E-state index in [-0.39, 0.29) is 18.1 Å². The number of aromatic nitrogens is 2. The van der Waals surface area contributed by atoms with Crippen LogP contribution in [0.25, 0.3) is 11.0 Å². The maximum absolute atomic E-state index is 12.3. The average Bonchev–Trinajstić information content (AvgIpc) is 2.89. The Kier molecular flexibility index (Phi) is 3.59. The topological polar surface area (TPSA) is 93.6 Å². The molecular weight excluding hydrogens is 308 g/mol. The van der Waals surface area contributed by atoms with E-state index in [0.29, 0.717) is 28.9 Å². The Balaban J connectivity index is 1.79. The van der Waals surface area contributed by atoms with Crippen LogP contribution in [0.2, 0.25) is 0 Å². The number of nitrogens with two attached hydrogens (primary N) is 1. The Morgan fingerprint density at radius 3 is 2.88 bits per heavy atom. The lowest BCUT2D eigenvalue weighted by atomic mass is 9.93. The molecule has 2 aromatic heterocycles. The summed E-state index contributed by atoms with van der Waals surface area (Å²) < 4.78 is 7.05. The normalized spacial score (nSPS) is 24.6. The second kappa shape index (κ2) is 5.54. The molecule has 0 bridgehead atoms. The highest BCUT2D eigenvalue weighted by molar-refractivity contribution is 5.83. The van der Waals surface area contributed by atoms with E-state index in [2.05, 4.69) is 9.88 Å². The second-order valence-electron chi connectivity index (χ2n) is 6.84. The van der Waals surface area contributed by atoms with E-state index in [1.165, 1.54) is 6.07 Å². The molecule has 24 heavy (non-hydrogen) atoms. The van der Waals surface area contributed by atoms with Crippen molar-refractivity contribution in [3.63, 3.8) is 0 Å². The molecule has 4 heterocycles. The molecule has 7 heteroatoms. The number of rotatable bonds is 3. The number of methoxy groups -OCH3 is 1. The van der Waals surface area contributed by atoms with Gasteiger partial charge >= 0.3 is 0 Å². The Bertz CT molecular complexity index is 842. The Morgan fingerprint density at radius 2 is 2.17 bits per heavy atom. The SMILES string of the molecule is COc1cnc2ccc(=O)n3c2c1[C@](O)(CN1CCC(N)CC1)C3. The van der Waals surface area contributed by atoms with Crippen molar-refractivity contribution >= 4 is 11.0 Å². The molecule has 0 aromatic carbocycles. The molecule has 1 saturated heterocycles. The number of hydrogen-bond acceptors (Lipinski definition) is 6. The van der Waals surface area contributed by atoms with Gasteiger partial charge in [0.15, 0.2) is 0 Å². The van der Waals surface area contributed by atoms with E-state index in [1.54, 1.807) is 23.9 Å². The van der Waals surface area contributed by atoms with Crippen molar-refractivity contribution in [3.05, 3.63) is 34.2 Å². The maximum Gasteiger partial charge on any atom is 0.251 e. The van der Waals surface area contributed by atoms with Crippen LogP contribution in [0.15, 0.2) is 23.1 Å². The van der Waals surface area contributed by atoms with Crippen molar-refractivity contribution in [1.82, 2.24) is 14.5 Å². The van der Waals surface area contributed by atoms with E-state index in [0.717, 1.165) is 25.9 Å². The molecule has 1 atom stereocenters. The summed E-state index contributed by atoms with van der Waals surface area (Å²) in [7, 11) is 1.56. The molecule has 0 aliphatic carbocycles. The van der Waals surface area contributed by atoms with Crippen molar-refractivity contribution in [2.24, 2.45) is 5.73 Å². The molecule has 4 rings (SSSR count). The highest BCUT2D eigenvalue weighted by atomic mass is 16.5. The van der Waals surface area contributed by atoms with Crippen LogP contribution in [0.5, 0.6) is 5.75 Å². The summed E-state index contributed by atoms with van der Waals surface area (Å²) in [4.78, 5) is 18.8. The third-order valence-electron chi connectivity index (χ3n) is 5.19. The number of β-amino-alcohol motifs (C(OH)–C–C–N with tert-alkyl or cyclic N) is 1. The summed E-state index contributed by atoms with van der Waals surface area (Å²) in [6.07, 6.45) is 3.46. The van der Waals surface area contributed by atoms with Gasteiger partial charge in [-0.15, -0.1) is 0 Å². The second-order valence-corrected chi connectivity index (χ2v) is 6.84. The number of likely N-dealkylation sites (tertiary alicyclic amines) is 1. The first-order chi connectivity index (χ1) is 11.5. The summed E-state index contributed by atoms with van der Waals surface area (Å²) >= 11 is 0. The lowest BCUT2D eigenvalue weighted by Gasteiger charge is -2.36. The summed E-state index contributed by atoms with van der Waals surface area (Å²) in [6, 6.07) is 3.43. The zero-order chi connectivity index (χ0) is 16.9. The molecule has 7 nitrogen and oxygen atoms in total. The molecule has 0 saturated carbocycles.